The maximum Gasteiger partial charge on any atom is 0.146 e. The molecule has 0 saturated carbocycles. The largest absolute Gasteiger partial charge is 0.506 e. The molecule has 0 aliphatic carbocycles. The zero-order chi connectivity index (χ0) is 8.55. The molecule has 0 amide bonds. The van der Waals surface area contributed by atoms with Gasteiger partial charge in [0.1, 0.15) is 23.3 Å². The Labute approximate surface area is 71.0 Å². The molecule has 1 aliphatic heterocycles. The van der Waals surface area contributed by atoms with Gasteiger partial charge in [0.15, 0.2) is 0 Å². The molecular weight excluding hydrogens is 154 g/mol. The van der Waals surface area contributed by atoms with Gasteiger partial charge in [0.05, 0.1) is 6.54 Å². The van der Waals surface area contributed by atoms with E-state index >= 15 is 0 Å². The number of benzene rings is 1. The molecule has 1 atom stereocenters. The Bertz CT molecular complexity index is 299. The third-order valence-electron chi connectivity index (χ3n) is 1.90. The lowest BCUT2D eigenvalue weighted by molar-refractivity contribution is 0.225. The summed E-state index contributed by atoms with van der Waals surface area (Å²) in [6.45, 7) is 2.73. The lowest BCUT2D eigenvalue weighted by Gasteiger charge is -2.24. The van der Waals surface area contributed by atoms with Crippen molar-refractivity contribution in [3.8, 4) is 11.5 Å². The van der Waals surface area contributed by atoms with E-state index in [0.29, 0.717) is 5.69 Å². The van der Waals surface area contributed by atoms with Gasteiger partial charge in [0.2, 0.25) is 0 Å². The van der Waals surface area contributed by atoms with Gasteiger partial charge in [-0.2, -0.15) is 0 Å². The number of nitrogens with one attached hydrogen (secondary N) is 1. The van der Waals surface area contributed by atoms with Gasteiger partial charge in [0.25, 0.3) is 0 Å². The Hall–Kier alpha value is -1.38. The van der Waals surface area contributed by atoms with Crippen LogP contribution in [-0.4, -0.2) is 17.8 Å². The van der Waals surface area contributed by atoms with Crippen molar-refractivity contribution in [2.24, 2.45) is 0 Å². The highest BCUT2D eigenvalue weighted by atomic mass is 16.5. The first-order chi connectivity index (χ1) is 5.77. The van der Waals surface area contributed by atoms with Gasteiger partial charge in [-0.1, -0.05) is 6.07 Å². The van der Waals surface area contributed by atoms with Crippen LogP contribution in [0.3, 0.4) is 0 Å². The summed E-state index contributed by atoms with van der Waals surface area (Å²) in [6, 6.07) is 5.26. The third-order valence-corrected chi connectivity index (χ3v) is 1.90. The maximum absolute atomic E-state index is 9.40. The third kappa shape index (κ3) is 1.07. The summed E-state index contributed by atoms with van der Waals surface area (Å²) in [6.07, 6.45) is 0.166. The lowest BCUT2D eigenvalue weighted by Crippen LogP contribution is -2.27. The molecule has 1 unspecified atom stereocenters. The van der Waals surface area contributed by atoms with E-state index in [-0.39, 0.29) is 11.9 Å². The highest BCUT2D eigenvalue weighted by Gasteiger charge is 2.17. The normalized spacial score (nSPS) is 20.6. The molecule has 0 fully saturated rings. The predicted octanol–water partition coefficient (Wildman–Crippen LogP) is 1.58. The summed E-state index contributed by atoms with van der Waals surface area (Å²) in [5.41, 5.74) is 0.704. The van der Waals surface area contributed by atoms with E-state index in [1.54, 1.807) is 12.1 Å². The van der Waals surface area contributed by atoms with Gasteiger partial charge in [0, 0.05) is 0 Å². The number of rotatable bonds is 0. The topological polar surface area (TPSA) is 41.5 Å². The quantitative estimate of drug-likeness (QED) is 0.573. The average molecular weight is 165 g/mol. The maximum atomic E-state index is 9.40. The molecule has 0 radical (unpaired) electrons. The fraction of sp³-hybridized carbons (Fsp3) is 0.333. The van der Waals surface area contributed by atoms with E-state index in [2.05, 4.69) is 5.32 Å². The average Bonchev–Trinajstić information content (AvgIpc) is 2.04. The van der Waals surface area contributed by atoms with E-state index in [1.807, 2.05) is 13.0 Å². The van der Waals surface area contributed by atoms with Crippen LogP contribution in [0.5, 0.6) is 11.5 Å². The van der Waals surface area contributed by atoms with Crippen LogP contribution in [0.1, 0.15) is 6.92 Å². The molecule has 0 bridgehead atoms. The van der Waals surface area contributed by atoms with Gasteiger partial charge in [-0.15, -0.1) is 0 Å². The summed E-state index contributed by atoms with van der Waals surface area (Å²) < 4.78 is 5.49. The van der Waals surface area contributed by atoms with Crippen molar-refractivity contribution in [2.75, 3.05) is 11.9 Å². The molecular formula is C9H11NO2. The standard InChI is InChI=1S/C9H11NO2/c1-6-5-10-9-7(11)3-2-4-8(9)12-6/h2-4,6,10-11H,5H2,1H3. The Morgan fingerprint density at radius 1 is 1.58 bits per heavy atom. The van der Waals surface area contributed by atoms with Gasteiger partial charge in [-0.25, -0.2) is 0 Å². The predicted molar refractivity (Wildman–Crippen MR) is 46.7 cm³/mol. The molecule has 2 N–H and O–H groups in total. The molecule has 0 saturated heterocycles. The zero-order valence-corrected chi connectivity index (χ0v) is 6.87. The zero-order valence-electron chi connectivity index (χ0n) is 6.87. The van der Waals surface area contributed by atoms with Crippen LogP contribution in [0, 0.1) is 0 Å². The van der Waals surface area contributed by atoms with E-state index in [4.69, 9.17) is 4.74 Å². The van der Waals surface area contributed by atoms with Crippen molar-refractivity contribution in [3.63, 3.8) is 0 Å². The van der Waals surface area contributed by atoms with Gasteiger partial charge < -0.3 is 15.2 Å². The van der Waals surface area contributed by atoms with Crippen molar-refractivity contribution in [1.82, 2.24) is 0 Å². The molecule has 0 spiro atoms. The lowest BCUT2D eigenvalue weighted by atomic mass is 10.2. The SMILES string of the molecule is CC1CNc2c(O)cccc2O1. The summed E-state index contributed by atoms with van der Waals surface area (Å²) in [7, 11) is 0. The Balaban J connectivity index is 2.42. The van der Waals surface area contributed by atoms with E-state index in [1.165, 1.54) is 0 Å². The molecule has 0 aromatic heterocycles. The van der Waals surface area contributed by atoms with Crippen LogP contribution in [0.25, 0.3) is 0 Å². The first-order valence-corrected chi connectivity index (χ1v) is 4.00. The smallest absolute Gasteiger partial charge is 0.146 e. The van der Waals surface area contributed by atoms with Crippen molar-refractivity contribution < 1.29 is 9.84 Å². The van der Waals surface area contributed by atoms with E-state index in [0.717, 1.165) is 12.3 Å². The summed E-state index contributed by atoms with van der Waals surface area (Å²) in [4.78, 5) is 0. The number of hydrogen-bond acceptors (Lipinski definition) is 3. The molecule has 3 heteroatoms. The fourth-order valence-electron chi connectivity index (χ4n) is 1.30. The Morgan fingerprint density at radius 2 is 2.42 bits per heavy atom. The highest BCUT2D eigenvalue weighted by Crippen LogP contribution is 2.36. The van der Waals surface area contributed by atoms with Crippen molar-refractivity contribution in [3.05, 3.63) is 18.2 Å². The van der Waals surface area contributed by atoms with Crippen LogP contribution < -0.4 is 10.1 Å². The van der Waals surface area contributed by atoms with Crippen molar-refractivity contribution >= 4 is 5.69 Å². The highest BCUT2D eigenvalue weighted by molar-refractivity contribution is 5.66. The molecule has 1 aromatic carbocycles. The minimum absolute atomic E-state index is 0.166. The van der Waals surface area contributed by atoms with E-state index < -0.39 is 0 Å². The molecule has 12 heavy (non-hydrogen) atoms. The number of para-hydroxylation sites is 1. The molecule has 2 rings (SSSR count). The molecule has 1 heterocycles. The van der Waals surface area contributed by atoms with Gasteiger partial charge >= 0.3 is 0 Å². The van der Waals surface area contributed by atoms with Crippen molar-refractivity contribution in [2.45, 2.75) is 13.0 Å². The minimum atomic E-state index is 0.166. The summed E-state index contributed by atoms with van der Waals surface area (Å²) in [5.74, 6) is 0.980. The van der Waals surface area contributed by atoms with Crippen LogP contribution >= 0.6 is 0 Å². The van der Waals surface area contributed by atoms with Crippen LogP contribution in [0.15, 0.2) is 18.2 Å². The Kier molecular flexibility index (Phi) is 1.57. The molecule has 1 aromatic rings. The number of phenolic OH excluding ortho intramolecular Hbond substituents is 1. The number of hydrogen-bond donors (Lipinski definition) is 2. The first-order valence-electron chi connectivity index (χ1n) is 4.00. The fourth-order valence-corrected chi connectivity index (χ4v) is 1.30. The number of phenols is 1. The second-order valence-electron chi connectivity index (χ2n) is 2.96. The summed E-state index contributed by atoms with van der Waals surface area (Å²) in [5, 5.41) is 12.5. The second-order valence-corrected chi connectivity index (χ2v) is 2.96. The van der Waals surface area contributed by atoms with Gasteiger partial charge in [-0.05, 0) is 19.1 Å². The monoisotopic (exact) mass is 165 g/mol. The molecule has 3 nitrogen and oxygen atoms in total. The number of anilines is 1. The van der Waals surface area contributed by atoms with Crippen LogP contribution in [0.4, 0.5) is 5.69 Å². The summed E-state index contributed by atoms with van der Waals surface area (Å²) >= 11 is 0. The number of aromatic hydroxyl groups is 1. The first kappa shape index (κ1) is 7.28. The Morgan fingerprint density at radius 3 is 3.25 bits per heavy atom. The van der Waals surface area contributed by atoms with E-state index in [9.17, 15) is 5.11 Å². The molecule has 64 valence electrons. The van der Waals surface area contributed by atoms with Gasteiger partial charge in [-0.3, -0.25) is 0 Å². The van der Waals surface area contributed by atoms with Crippen LogP contribution in [0.2, 0.25) is 0 Å². The van der Waals surface area contributed by atoms with Crippen molar-refractivity contribution in [1.29, 1.82) is 0 Å². The molecule has 1 aliphatic rings. The van der Waals surface area contributed by atoms with Crippen LogP contribution in [-0.2, 0) is 0 Å². The minimum Gasteiger partial charge on any atom is -0.506 e. The second kappa shape index (κ2) is 2.59. The number of ether oxygens (including phenoxy) is 1. The number of fused-ring (bicyclic) bond motifs is 1.